The Morgan fingerprint density at radius 3 is 2.36 bits per heavy atom. The summed E-state index contributed by atoms with van der Waals surface area (Å²) in [5.41, 5.74) is 8.01. The summed E-state index contributed by atoms with van der Waals surface area (Å²) in [4.78, 5) is 28.3. The van der Waals surface area contributed by atoms with Crippen molar-refractivity contribution in [3.05, 3.63) is 59.9 Å². The topological polar surface area (TPSA) is 97.1 Å². The van der Waals surface area contributed by atoms with E-state index in [1.54, 1.807) is 24.5 Å². The Morgan fingerprint density at radius 2 is 1.71 bits per heavy atom. The number of hydrogen-bond donors (Lipinski definition) is 3. The lowest BCUT2D eigenvalue weighted by atomic mass is 9.95. The van der Waals surface area contributed by atoms with Crippen molar-refractivity contribution in [1.29, 1.82) is 0 Å². The van der Waals surface area contributed by atoms with Crippen LogP contribution in [0, 0.1) is 11.8 Å². The van der Waals surface area contributed by atoms with E-state index in [1.807, 2.05) is 24.3 Å². The van der Waals surface area contributed by atoms with Crippen LogP contribution in [-0.2, 0) is 11.3 Å². The zero-order valence-electron chi connectivity index (χ0n) is 15.5. The average Bonchev–Trinajstić information content (AvgIpc) is 3.17. The smallest absolute Gasteiger partial charge is 0.255 e. The van der Waals surface area contributed by atoms with Crippen LogP contribution in [-0.4, -0.2) is 23.3 Å². The molecule has 8 heteroatoms. The van der Waals surface area contributed by atoms with Crippen LogP contribution in [0.2, 0.25) is 0 Å². The molecule has 4 N–H and O–H groups in total. The minimum absolute atomic E-state index is 0. The van der Waals surface area contributed by atoms with Crippen LogP contribution < -0.4 is 16.4 Å². The van der Waals surface area contributed by atoms with Crippen molar-refractivity contribution >= 4 is 42.3 Å². The van der Waals surface area contributed by atoms with Gasteiger partial charge in [0.05, 0.1) is 0 Å². The second kappa shape index (κ2) is 11.6. The molecule has 2 aromatic rings. The van der Waals surface area contributed by atoms with E-state index in [0.717, 1.165) is 24.8 Å². The SMILES string of the molecule is Cl.Cl.NC[C@H]1CCC[C@H]1C(=O)NCc1ccc(NC(=O)c2ccncc2)cc1. The minimum atomic E-state index is -0.178. The number of anilines is 1. The quantitative estimate of drug-likeness (QED) is 0.662. The molecule has 1 fully saturated rings. The Kier molecular flexibility index (Phi) is 9.93. The first-order valence-electron chi connectivity index (χ1n) is 8.95. The van der Waals surface area contributed by atoms with Crippen molar-refractivity contribution in [2.24, 2.45) is 17.6 Å². The zero-order valence-corrected chi connectivity index (χ0v) is 17.1. The number of hydrogen-bond acceptors (Lipinski definition) is 4. The molecule has 0 radical (unpaired) electrons. The highest BCUT2D eigenvalue weighted by Gasteiger charge is 2.31. The van der Waals surface area contributed by atoms with Gasteiger partial charge in [0.2, 0.25) is 5.91 Å². The van der Waals surface area contributed by atoms with Crippen molar-refractivity contribution in [3.8, 4) is 0 Å². The van der Waals surface area contributed by atoms with E-state index in [-0.39, 0.29) is 42.5 Å². The summed E-state index contributed by atoms with van der Waals surface area (Å²) < 4.78 is 0. The maximum atomic E-state index is 12.3. The molecular formula is C20H26Cl2N4O2. The molecule has 1 aromatic carbocycles. The molecule has 28 heavy (non-hydrogen) atoms. The van der Waals surface area contributed by atoms with Gasteiger partial charge in [0.1, 0.15) is 0 Å². The number of aromatic nitrogens is 1. The van der Waals surface area contributed by atoms with Crippen LogP contribution in [0.5, 0.6) is 0 Å². The van der Waals surface area contributed by atoms with Crippen molar-refractivity contribution in [1.82, 2.24) is 10.3 Å². The number of nitrogens with zero attached hydrogens (tertiary/aromatic N) is 1. The molecule has 152 valence electrons. The monoisotopic (exact) mass is 424 g/mol. The van der Waals surface area contributed by atoms with Gasteiger partial charge in [-0.15, -0.1) is 24.8 Å². The van der Waals surface area contributed by atoms with E-state index in [1.165, 1.54) is 0 Å². The van der Waals surface area contributed by atoms with Gasteiger partial charge >= 0.3 is 0 Å². The summed E-state index contributed by atoms with van der Waals surface area (Å²) in [5.74, 6) is 0.259. The third-order valence-electron chi connectivity index (χ3n) is 4.92. The van der Waals surface area contributed by atoms with Crippen LogP contribution in [0.3, 0.4) is 0 Å². The first kappa shape index (κ1) is 23.9. The first-order valence-corrected chi connectivity index (χ1v) is 8.95. The Labute approximate surface area is 177 Å². The Hall–Kier alpha value is -2.15. The average molecular weight is 425 g/mol. The molecule has 2 atom stereocenters. The molecular weight excluding hydrogens is 399 g/mol. The fourth-order valence-electron chi connectivity index (χ4n) is 3.40. The van der Waals surface area contributed by atoms with Gasteiger partial charge in [0, 0.05) is 36.1 Å². The van der Waals surface area contributed by atoms with Crippen molar-refractivity contribution in [3.63, 3.8) is 0 Å². The summed E-state index contributed by atoms with van der Waals surface area (Å²) in [6, 6.07) is 10.8. The molecule has 1 aliphatic rings. The van der Waals surface area contributed by atoms with Crippen molar-refractivity contribution in [2.75, 3.05) is 11.9 Å². The Bertz CT molecular complexity index is 757. The number of benzene rings is 1. The molecule has 0 spiro atoms. The van der Waals surface area contributed by atoms with Gasteiger partial charge in [-0.2, -0.15) is 0 Å². The van der Waals surface area contributed by atoms with Crippen LogP contribution in [0.25, 0.3) is 0 Å². The lowest BCUT2D eigenvalue weighted by molar-refractivity contribution is -0.126. The largest absolute Gasteiger partial charge is 0.352 e. The van der Waals surface area contributed by atoms with Gasteiger partial charge in [-0.05, 0) is 55.1 Å². The minimum Gasteiger partial charge on any atom is -0.352 e. The maximum Gasteiger partial charge on any atom is 0.255 e. The molecule has 0 bridgehead atoms. The van der Waals surface area contributed by atoms with Gasteiger partial charge in [-0.3, -0.25) is 14.6 Å². The summed E-state index contributed by atoms with van der Waals surface area (Å²) in [6.07, 6.45) is 6.21. The number of nitrogens with two attached hydrogens (primary N) is 1. The van der Waals surface area contributed by atoms with E-state index in [2.05, 4.69) is 15.6 Å². The Morgan fingerprint density at radius 1 is 1.04 bits per heavy atom. The van der Waals surface area contributed by atoms with Gasteiger partial charge < -0.3 is 16.4 Å². The lowest BCUT2D eigenvalue weighted by Gasteiger charge is -2.17. The highest BCUT2D eigenvalue weighted by atomic mass is 35.5. The third kappa shape index (κ3) is 6.19. The van der Waals surface area contributed by atoms with E-state index >= 15 is 0 Å². The molecule has 3 rings (SSSR count). The van der Waals surface area contributed by atoms with Gasteiger partial charge in [0.15, 0.2) is 0 Å². The van der Waals surface area contributed by atoms with E-state index in [4.69, 9.17) is 5.73 Å². The van der Waals surface area contributed by atoms with Crippen LogP contribution in [0.1, 0.15) is 35.2 Å². The molecule has 1 aromatic heterocycles. The summed E-state index contributed by atoms with van der Waals surface area (Å²) >= 11 is 0. The van der Waals surface area contributed by atoms with E-state index in [0.29, 0.717) is 30.3 Å². The van der Waals surface area contributed by atoms with E-state index in [9.17, 15) is 9.59 Å². The number of pyridine rings is 1. The summed E-state index contributed by atoms with van der Waals surface area (Å²) in [6.45, 7) is 1.05. The molecule has 1 aliphatic carbocycles. The number of carbonyl (C=O) groups excluding carboxylic acids is 2. The van der Waals surface area contributed by atoms with Crippen LogP contribution in [0.15, 0.2) is 48.8 Å². The van der Waals surface area contributed by atoms with Crippen molar-refractivity contribution < 1.29 is 9.59 Å². The zero-order chi connectivity index (χ0) is 18.4. The predicted octanol–water partition coefficient (Wildman–Crippen LogP) is 3.17. The molecule has 0 saturated heterocycles. The summed E-state index contributed by atoms with van der Waals surface area (Å²) in [5, 5.41) is 5.84. The lowest BCUT2D eigenvalue weighted by Crippen LogP contribution is -2.34. The molecule has 0 aliphatic heterocycles. The predicted molar refractivity (Wildman–Crippen MR) is 115 cm³/mol. The van der Waals surface area contributed by atoms with Gasteiger partial charge in [-0.25, -0.2) is 0 Å². The molecule has 6 nitrogen and oxygen atoms in total. The summed E-state index contributed by atoms with van der Waals surface area (Å²) in [7, 11) is 0. The second-order valence-corrected chi connectivity index (χ2v) is 6.64. The fourth-order valence-corrected chi connectivity index (χ4v) is 3.40. The normalized spacial score (nSPS) is 17.8. The highest BCUT2D eigenvalue weighted by Crippen LogP contribution is 2.31. The third-order valence-corrected chi connectivity index (χ3v) is 4.92. The van der Waals surface area contributed by atoms with Crippen LogP contribution >= 0.6 is 24.8 Å². The first-order chi connectivity index (χ1) is 12.7. The molecule has 0 unspecified atom stereocenters. The number of nitrogens with one attached hydrogen (secondary N) is 2. The van der Waals surface area contributed by atoms with Gasteiger partial charge in [-0.1, -0.05) is 18.6 Å². The standard InChI is InChI=1S/C20H24N4O2.2ClH/c21-12-16-2-1-3-18(16)20(26)23-13-14-4-6-17(7-5-14)24-19(25)15-8-10-22-11-9-15;;/h4-11,16,18H,1-3,12-13,21H2,(H,23,26)(H,24,25);2*1H/t16-,18-;;/m1../s1. The Balaban J connectivity index is 0.00000196. The van der Waals surface area contributed by atoms with Crippen molar-refractivity contribution in [2.45, 2.75) is 25.8 Å². The molecule has 1 heterocycles. The second-order valence-electron chi connectivity index (χ2n) is 6.64. The fraction of sp³-hybridized carbons (Fsp3) is 0.350. The molecule has 2 amide bonds. The number of carbonyl (C=O) groups is 2. The van der Waals surface area contributed by atoms with Gasteiger partial charge in [0.25, 0.3) is 5.91 Å². The van der Waals surface area contributed by atoms with Crippen LogP contribution in [0.4, 0.5) is 5.69 Å². The number of rotatable bonds is 6. The number of halogens is 2. The molecule has 1 saturated carbocycles. The van der Waals surface area contributed by atoms with E-state index < -0.39 is 0 Å². The number of amides is 2. The maximum absolute atomic E-state index is 12.3. The highest BCUT2D eigenvalue weighted by molar-refractivity contribution is 6.04.